The Morgan fingerprint density at radius 3 is 2.27 bits per heavy atom. The van der Waals surface area contributed by atoms with Gasteiger partial charge < -0.3 is 25.4 Å². The Bertz CT molecular complexity index is 189. The Balaban J connectivity index is 0.000000423. The molecule has 0 aromatic rings. The van der Waals surface area contributed by atoms with Gasteiger partial charge in [0, 0.05) is 6.92 Å². The van der Waals surface area contributed by atoms with Gasteiger partial charge in [-0.15, -0.1) is 0 Å². The minimum Gasteiger partial charge on any atom is -0.481 e. The third kappa shape index (κ3) is 7.26. The van der Waals surface area contributed by atoms with Crippen LogP contribution in [0.5, 0.6) is 0 Å². The summed E-state index contributed by atoms with van der Waals surface area (Å²) in [4.78, 5) is 9.00. The van der Waals surface area contributed by atoms with E-state index in [0.717, 1.165) is 6.92 Å². The molecule has 90 valence electrons. The van der Waals surface area contributed by atoms with E-state index in [2.05, 4.69) is 0 Å². The zero-order valence-corrected chi connectivity index (χ0v) is 9.27. The van der Waals surface area contributed by atoms with Gasteiger partial charge in [0.05, 0.1) is 25.4 Å². The molecule has 0 saturated carbocycles. The highest BCUT2D eigenvalue weighted by Gasteiger charge is 2.28. The van der Waals surface area contributed by atoms with Crippen molar-refractivity contribution >= 4 is 5.97 Å². The highest BCUT2D eigenvalue weighted by atomic mass is 16.7. The number of aliphatic hydroxyl groups is 1. The monoisotopic (exact) mass is 221 g/mol. The lowest BCUT2D eigenvalue weighted by molar-refractivity contribution is -0.203. The topological polar surface area (TPSA) is 102 Å². The summed E-state index contributed by atoms with van der Waals surface area (Å²) in [6, 6.07) is -0.336. The number of carboxylic acids is 1. The molecule has 6 nitrogen and oxygen atoms in total. The van der Waals surface area contributed by atoms with Gasteiger partial charge in [0.2, 0.25) is 0 Å². The lowest BCUT2D eigenvalue weighted by Crippen LogP contribution is -2.39. The van der Waals surface area contributed by atoms with Crippen molar-refractivity contribution in [1.82, 2.24) is 0 Å². The van der Waals surface area contributed by atoms with Gasteiger partial charge in [0.1, 0.15) is 0 Å². The Labute approximate surface area is 89.0 Å². The van der Waals surface area contributed by atoms with Crippen LogP contribution in [0.25, 0.3) is 0 Å². The number of carboxylic acid groups (broad SMARTS) is 1. The van der Waals surface area contributed by atoms with Crippen LogP contribution in [0, 0.1) is 0 Å². The first-order valence-corrected chi connectivity index (χ1v) is 4.65. The van der Waals surface area contributed by atoms with Crippen molar-refractivity contribution in [2.75, 3.05) is 13.2 Å². The lowest BCUT2D eigenvalue weighted by Gasteiger charge is -2.22. The summed E-state index contributed by atoms with van der Waals surface area (Å²) in [5.74, 6) is -1.45. The smallest absolute Gasteiger partial charge is 0.300 e. The Morgan fingerprint density at radius 2 is 1.80 bits per heavy atom. The molecular formula is C9H19NO5. The fourth-order valence-corrected chi connectivity index (χ4v) is 0.859. The van der Waals surface area contributed by atoms with Crippen LogP contribution in [0.3, 0.4) is 0 Å². The molecule has 1 aliphatic heterocycles. The van der Waals surface area contributed by atoms with Gasteiger partial charge in [0.25, 0.3) is 5.97 Å². The van der Waals surface area contributed by atoms with E-state index in [1.54, 1.807) is 13.8 Å². The second-order valence-electron chi connectivity index (χ2n) is 3.77. The first kappa shape index (κ1) is 14.3. The molecule has 1 rings (SSSR count). The standard InChI is InChI=1S/C7H15NO3.C2H4O2/c1-7(2)10-3-5(8)6(9)4-11-7;1-2(3)4/h5-6,9H,3-4,8H2,1-2H3;1H3,(H,3,4)/t5-,6-;/m1./s1. The van der Waals surface area contributed by atoms with Gasteiger partial charge in [-0.1, -0.05) is 0 Å². The first-order chi connectivity index (χ1) is 6.74. The normalized spacial score (nSPS) is 29.7. The fraction of sp³-hybridized carbons (Fsp3) is 0.889. The van der Waals surface area contributed by atoms with E-state index in [-0.39, 0.29) is 12.6 Å². The number of nitrogens with two attached hydrogens (primary N) is 1. The number of ether oxygens (including phenoxy) is 2. The molecule has 0 aliphatic carbocycles. The van der Waals surface area contributed by atoms with Crippen molar-refractivity contribution in [2.24, 2.45) is 5.73 Å². The maximum Gasteiger partial charge on any atom is 0.300 e. The molecule has 15 heavy (non-hydrogen) atoms. The van der Waals surface area contributed by atoms with Crippen LogP contribution in [0.15, 0.2) is 0 Å². The average Bonchev–Trinajstić information content (AvgIpc) is 2.18. The highest BCUT2D eigenvalue weighted by molar-refractivity contribution is 5.62. The molecule has 1 aliphatic rings. The van der Waals surface area contributed by atoms with E-state index < -0.39 is 17.9 Å². The van der Waals surface area contributed by atoms with Crippen molar-refractivity contribution in [3.63, 3.8) is 0 Å². The number of aliphatic hydroxyl groups excluding tert-OH is 1. The highest BCUT2D eigenvalue weighted by Crippen LogP contribution is 2.16. The third-order valence-corrected chi connectivity index (χ3v) is 1.72. The molecule has 0 radical (unpaired) electrons. The largest absolute Gasteiger partial charge is 0.481 e. The van der Waals surface area contributed by atoms with E-state index in [0.29, 0.717) is 6.61 Å². The average molecular weight is 221 g/mol. The van der Waals surface area contributed by atoms with Gasteiger partial charge in [-0.25, -0.2) is 0 Å². The molecule has 0 bridgehead atoms. The number of hydrogen-bond donors (Lipinski definition) is 3. The Morgan fingerprint density at radius 1 is 1.40 bits per heavy atom. The van der Waals surface area contributed by atoms with E-state index in [1.807, 2.05) is 0 Å². The van der Waals surface area contributed by atoms with Gasteiger partial charge in [-0.3, -0.25) is 4.79 Å². The number of carbonyl (C=O) groups is 1. The molecule has 0 aromatic carbocycles. The Kier molecular flexibility index (Phi) is 5.74. The summed E-state index contributed by atoms with van der Waals surface area (Å²) >= 11 is 0. The summed E-state index contributed by atoms with van der Waals surface area (Å²) in [6.45, 7) is 5.28. The van der Waals surface area contributed by atoms with Gasteiger partial charge >= 0.3 is 0 Å². The van der Waals surface area contributed by atoms with Gasteiger partial charge in [-0.05, 0) is 13.8 Å². The zero-order valence-electron chi connectivity index (χ0n) is 9.27. The molecule has 1 heterocycles. The van der Waals surface area contributed by atoms with Crippen LogP contribution in [-0.4, -0.2) is 47.3 Å². The lowest BCUT2D eigenvalue weighted by atomic mass is 10.2. The number of aliphatic carboxylic acids is 1. The molecule has 6 heteroatoms. The zero-order chi connectivity index (χ0) is 12.1. The summed E-state index contributed by atoms with van der Waals surface area (Å²) in [6.07, 6.45) is -0.614. The van der Waals surface area contributed by atoms with Crippen LogP contribution in [0.2, 0.25) is 0 Å². The maximum absolute atomic E-state index is 9.26. The van der Waals surface area contributed by atoms with E-state index >= 15 is 0 Å². The van der Waals surface area contributed by atoms with Crippen molar-refractivity contribution in [1.29, 1.82) is 0 Å². The van der Waals surface area contributed by atoms with Gasteiger partial charge in [0.15, 0.2) is 5.79 Å². The molecule has 0 aromatic heterocycles. The SMILES string of the molecule is CC(=O)O.CC1(C)OC[C@@H](N)[C@H](O)CO1. The summed E-state index contributed by atoms with van der Waals surface area (Å²) in [7, 11) is 0. The summed E-state index contributed by atoms with van der Waals surface area (Å²) < 4.78 is 10.5. The first-order valence-electron chi connectivity index (χ1n) is 4.65. The maximum atomic E-state index is 9.26. The molecule has 0 unspecified atom stereocenters. The van der Waals surface area contributed by atoms with Crippen LogP contribution < -0.4 is 5.73 Å². The molecule has 1 saturated heterocycles. The second kappa shape index (κ2) is 6.02. The Hall–Kier alpha value is -0.690. The van der Waals surface area contributed by atoms with E-state index in [1.165, 1.54) is 0 Å². The van der Waals surface area contributed by atoms with Crippen LogP contribution >= 0.6 is 0 Å². The number of rotatable bonds is 0. The fourth-order valence-electron chi connectivity index (χ4n) is 0.859. The van der Waals surface area contributed by atoms with Crippen molar-refractivity contribution in [3.8, 4) is 0 Å². The molecule has 4 N–H and O–H groups in total. The quantitative estimate of drug-likeness (QED) is 0.512. The van der Waals surface area contributed by atoms with Crippen LogP contribution in [0.1, 0.15) is 20.8 Å². The van der Waals surface area contributed by atoms with Crippen molar-refractivity contribution < 1.29 is 24.5 Å². The van der Waals surface area contributed by atoms with Crippen molar-refractivity contribution in [2.45, 2.75) is 38.7 Å². The molecule has 0 amide bonds. The predicted octanol–water partition coefficient (Wildman–Crippen LogP) is -0.452. The molecule has 2 atom stereocenters. The molecule has 1 fully saturated rings. The van der Waals surface area contributed by atoms with Crippen LogP contribution in [-0.2, 0) is 14.3 Å². The third-order valence-electron chi connectivity index (χ3n) is 1.72. The van der Waals surface area contributed by atoms with Gasteiger partial charge in [-0.2, -0.15) is 0 Å². The minimum absolute atomic E-state index is 0.244. The minimum atomic E-state index is -0.833. The van der Waals surface area contributed by atoms with E-state index in [9.17, 15) is 5.11 Å². The second-order valence-corrected chi connectivity index (χ2v) is 3.77. The van der Waals surface area contributed by atoms with E-state index in [4.69, 9.17) is 25.1 Å². The number of hydrogen-bond acceptors (Lipinski definition) is 5. The predicted molar refractivity (Wildman–Crippen MR) is 53.3 cm³/mol. The molecule has 0 spiro atoms. The summed E-state index contributed by atoms with van der Waals surface area (Å²) in [5.41, 5.74) is 5.54. The van der Waals surface area contributed by atoms with Crippen molar-refractivity contribution in [3.05, 3.63) is 0 Å². The van der Waals surface area contributed by atoms with Crippen LogP contribution in [0.4, 0.5) is 0 Å². The summed E-state index contributed by atoms with van der Waals surface area (Å²) in [5, 5.41) is 16.7. The molecular weight excluding hydrogens is 202 g/mol.